The largest absolute Gasteiger partial charge is 0.321 e. The normalized spacial score (nSPS) is 18.2. The molecule has 2 heterocycles. The van der Waals surface area contributed by atoms with Crippen LogP contribution in [0.4, 0.5) is 5.82 Å². The molecule has 1 aliphatic rings. The Balaban J connectivity index is 2.45. The van der Waals surface area contributed by atoms with E-state index >= 15 is 0 Å². The minimum absolute atomic E-state index is 0.190. The van der Waals surface area contributed by atoms with Crippen molar-refractivity contribution in [2.45, 2.75) is 4.90 Å². The van der Waals surface area contributed by atoms with Crippen LogP contribution in [0.2, 0.25) is 0 Å². The van der Waals surface area contributed by atoms with Gasteiger partial charge in [-0.3, -0.25) is 25.8 Å². The van der Waals surface area contributed by atoms with Crippen LogP contribution in [-0.4, -0.2) is 15.4 Å². The lowest BCUT2D eigenvalue weighted by Gasteiger charge is -2.14. The average Bonchev–Trinajstić information content (AvgIpc) is 2.47. The summed E-state index contributed by atoms with van der Waals surface area (Å²) in [7, 11) is 0. The molecular weight excluding hydrogens is 180 g/mol. The Morgan fingerprint density at radius 1 is 1.33 bits per heavy atom. The second-order valence-electron chi connectivity index (χ2n) is 2.07. The third-order valence-electron chi connectivity index (χ3n) is 1.34. The number of aromatic amines is 2. The van der Waals surface area contributed by atoms with Crippen LogP contribution >= 0.6 is 11.8 Å². The van der Waals surface area contributed by atoms with Gasteiger partial charge in [-0.1, -0.05) is 0 Å². The van der Waals surface area contributed by atoms with Crippen molar-refractivity contribution in [2.24, 2.45) is 10.9 Å². The van der Waals surface area contributed by atoms with Crippen LogP contribution in [0.3, 0.4) is 0 Å². The molecule has 1 aliphatic heterocycles. The number of fused-ring (bicyclic) bond motifs is 1. The van der Waals surface area contributed by atoms with E-state index in [1.54, 1.807) is 0 Å². The van der Waals surface area contributed by atoms with Crippen LogP contribution < -0.4 is 22.3 Å². The summed E-state index contributed by atoms with van der Waals surface area (Å²) < 4.78 is 0. The molecule has 0 radical (unpaired) electrons. The van der Waals surface area contributed by atoms with Crippen molar-refractivity contribution in [2.75, 3.05) is 5.43 Å². The summed E-state index contributed by atoms with van der Waals surface area (Å²) in [5, 5.41) is 8.92. The second kappa shape index (κ2) is 2.48. The maximum atomic E-state index is 11.1. The lowest BCUT2D eigenvalue weighted by Crippen LogP contribution is -2.32. The van der Waals surface area contributed by atoms with Gasteiger partial charge >= 0.3 is 0 Å². The van der Waals surface area contributed by atoms with Gasteiger partial charge in [0, 0.05) is 0 Å². The Hall–Kier alpha value is -1.57. The predicted molar refractivity (Wildman–Crippen MR) is 45.7 cm³/mol. The number of aromatic nitrogens is 2. The van der Waals surface area contributed by atoms with Gasteiger partial charge in [0.05, 0.1) is 0 Å². The molecule has 0 atom stereocenters. The minimum atomic E-state index is -0.190. The molecule has 1 aromatic rings. The van der Waals surface area contributed by atoms with Crippen LogP contribution in [0.15, 0.2) is 14.8 Å². The maximum Gasteiger partial charge on any atom is 0.280 e. The van der Waals surface area contributed by atoms with Crippen molar-refractivity contribution in [3.63, 3.8) is 0 Å². The van der Waals surface area contributed by atoms with Gasteiger partial charge in [-0.25, -0.2) is 0 Å². The number of hydrogen-bond donors (Lipinski definition) is 5. The predicted octanol–water partition coefficient (Wildman–Crippen LogP) is -1.05. The van der Waals surface area contributed by atoms with Crippen LogP contribution in [0.1, 0.15) is 0 Å². The summed E-state index contributed by atoms with van der Waals surface area (Å²) >= 11 is 1.17. The highest BCUT2D eigenvalue weighted by Gasteiger charge is 2.18. The van der Waals surface area contributed by atoms with Gasteiger partial charge in [0.1, 0.15) is 4.90 Å². The molecule has 0 aliphatic carbocycles. The fourth-order valence-corrected chi connectivity index (χ4v) is 1.52. The molecule has 64 valence electrons. The number of H-pyrrole nitrogens is 2. The highest BCUT2D eigenvalue weighted by atomic mass is 32.2. The lowest BCUT2D eigenvalue weighted by molar-refractivity contribution is 1.02. The first-order valence-corrected chi connectivity index (χ1v) is 3.91. The van der Waals surface area contributed by atoms with Crippen LogP contribution in [0.25, 0.3) is 0 Å². The number of hydrogen-bond acceptors (Lipinski definition) is 5. The quantitative estimate of drug-likeness (QED) is 0.262. The van der Waals surface area contributed by atoms with Gasteiger partial charge in [0.2, 0.25) is 5.17 Å². The molecule has 1 aromatic heterocycles. The summed E-state index contributed by atoms with van der Waals surface area (Å²) in [6, 6.07) is 0. The van der Waals surface area contributed by atoms with Crippen molar-refractivity contribution in [3.05, 3.63) is 10.4 Å². The molecule has 6 N–H and O–H groups in total. The summed E-state index contributed by atoms with van der Waals surface area (Å²) in [5.41, 5.74) is 5.21. The number of nitrogens with two attached hydrogens (primary N) is 1. The molecule has 0 spiro atoms. The van der Waals surface area contributed by atoms with E-state index < -0.39 is 0 Å². The monoisotopic (exact) mass is 186 g/mol. The molecule has 12 heavy (non-hydrogen) atoms. The first-order chi connectivity index (χ1) is 5.81. The molecule has 0 fully saturated rings. The van der Waals surface area contributed by atoms with E-state index in [1.165, 1.54) is 11.8 Å². The Morgan fingerprint density at radius 2 is 2.17 bits per heavy atom. The van der Waals surface area contributed by atoms with E-state index in [-0.39, 0.29) is 5.56 Å². The molecule has 0 amide bonds. The number of thioether (sulfide) groups is 1. The van der Waals surface area contributed by atoms with Crippen molar-refractivity contribution >= 4 is 22.7 Å². The number of rotatable bonds is 0. The first kappa shape index (κ1) is 7.10. The number of hydrazine groups is 1. The van der Waals surface area contributed by atoms with E-state index in [1.807, 2.05) is 0 Å². The van der Waals surface area contributed by atoms with E-state index in [9.17, 15) is 4.79 Å². The smallest absolute Gasteiger partial charge is 0.280 e. The lowest BCUT2D eigenvalue weighted by atomic mass is 10.6. The van der Waals surface area contributed by atoms with Gasteiger partial charge in [0.25, 0.3) is 5.56 Å². The van der Waals surface area contributed by atoms with E-state index in [2.05, 4.69) is 26.2 Å². The van der Waals surface area contributed by atoms with Crippen molar-refractivity contribution < 1.29 is 0 Å². The number of nitrogens with one attached hydrogen (secondary N) is 4. The average molecular weight is 186 g/mol. The van der Waals surface area contributed by atoms with Crippen LogP contribution in [0, 0.1) is 0 Å². The number of amidine groups is 1. The molecule has 7 nitrogen and oxygen atoms in total. The van der Waals surface area contributed by atoms with E-state index in [0.29, 0.717) is 15.9 Å². The number of nitrogens with zero attached hydrogens (tertiary/aromatic N) is 1. The fraction of sp³-hybridized carbons (Fsp3) is 0. The van der Waals surface area contributed by atoms with Gasteiger partial charge in [-0.2, -0.15) is 5.10 Å². The standard InChI is InChI=1S/C4H6N6OS/c5-6-4-10-8-2-1(12-4)3(11)9-7-2/h5H2,(H,6,10)(H3,7,8,9,11). The maximum absolute atomic E-state index is 11.1. The Labute approximate surface area is 70.7 Å². The summed E-state index contributed by atoms with van der Waals surface area (Å²) in [4.78, 5) is 11.6. The van der Waals surface area contributed by atoms with E-state index in [0.717, 1.165) is 0 Å². The number of anilines is 1. The van der Waals surface area contributed by atoms with Gasteiger partial charge in [-0.15, -0.1) is 0 Å². The SMILES string of the molecule is N/N=C1/NNc2[nH][nH]c(=O)c2S1. The molecule has 0 unspecified atom stereocenters. The zero-order chi connectivity index (χ0) is 8.55. The molecule has 0 saturated carbocycles. The van der Waals surface area contributed by atoms with Crippen molar-refractivity contribution in [1.29, 1.82) is 0 Å². The molecule has 0 aromatic carbocycles. The molecule has 0 saturated heterocycles. The summed E-state index contributed by atoms with van der Waals surface area (Å²) in [6.45, 7) is 0. The molecule has 8 heteroatoms. The highest BCUT2D eigenvalue weighted by Crippen LogP contribution is 2.24. The fourth-order valence-electron chi connectivity index (χ4n) is 0.829. The van der Waals surface area contributed by atoms with Gasteiger partial charge < -0.3 is 5.84 Å². The van der Waals surface area contributed by atoms with E-state index in [4.69, 9.17) is 5.84 Å². The topological polar surface area (TPSA) is 111 Å². The first-order valence-electron chi connectivity index (χ1n) is 3.09. The Morgan fingerprint density at radius 3 is 2.92 bits per heavy atom. The van der Waals surface area contributed by atoms with Crippen LogP contribution in [-0.2, 0) is 0 Å². The minimum Gasteiger partial charge on any atom is -0.321 e. The van der Waals surface area contributed by atoms with Gasteiger partial charge in [-0.05, 0) is 11.8 Å². The van der Waals surface area contributed by atoms with Crippen LogP contribution in [0.5, 0.6) is 0 Å². The third-order valence-corrected chi connectivity index (χ3v) is 2.34. The second-order valence-corrected chi connectivity index (χ2v) is 3.07. The van der Waals surface area contributed by atoms with Crippen molar-refractivity contribution in [3.8, 4) is 0 Å². The molecular formula is C4H6N6OS. The zero-order valence-corrected chi connectivity index (χ0v) is 6.66. The third kappa shape index (κ3) is 0.925. The van der Waals surface area contributed by atoms with Crippen molar-refractivity contribution in [1.82, 2.24) is 15.6 Å². The zero-order valence-electron chi connectivity index (χ0n) is 5.84. The summed E-state index contributed by atoms with van der Waals surface area (Å²) in [6.07, 6.45) is 0. The Kier molecular flexibility index (Phi) is 1.47. The highest BCUT2D eigenvalue weighted by molar-refractivity contribution is 8.14. The number of hydrazone groups is 1. The molecule has 2 rings (SSSR count). The summed E-state index contributed by atoms with van der Waals surface area (Å²) in [5.74, 6) is 5.62. The van der Waals surface area contributed by atoms with Gasteiger partial charge in [0.15, 0.2) is 5.82 Å². The molecule has 0 bridgehead atoms. The Bertz CT molecular complexity index is 377.